The number of carbonyl (C=O) groups is 1. The van der Waals surface area contributed by atoms with Crippen LogP contribution < -0.4 is 4.74 Å². The molecule has 1 heterocycles. The summed E-state index contributed by atoms with van der Waals surface area (Å²) in [6.07, 6.45) is 0. The van der Waals surface area contributed by atoms with Crippen molar-refractivity contribution in [3.63, 3.8) is 0 Å². The molecule has 0 spiro atoms. The maximum Gasteiger partial charge on any atom is 0.405 e. The number of alkyl halides is 2. The van der Waals surface area contributed by atoms with Gasteiger partial charge in [-0.2, -0.15) is 8.78 Å². The highest BCUT2D eigenvalue weighted by atomic mass is 79.9. The summed E-state index contributed by atoms with van der Waals surface area (Å²) in [6.45, 7) is 2.43. The maximum absolute atomic E-state index is 15.1. The zero-order valence-corrected chi connectivity index (χ0v) is 17.3. The molecule has 0 fully saturated rings. The molecule has 2 aromatic rings. The SMILES string of the molecule is CCOP(=O)(OCC)C(F)(F)c1sc2c(OC)cc(C(=O)O)cc2c1Br. The molecule has 0 aliphatic rings. The van der Waals surface area contributed by atoms with Gasteiger partial charge in [0.1, 0.15) is 10.6 Å². The first kappa shape index (κ1) is 21.2. The molecule has 144 valence electrons. The van der Waals surface area contributed by atoms with E-state index in [0.29, 0.717) is 16.0 Å². The first-order valence-corrected chi connectivity index (χ1v) is 10.6. The van der Waals surface area contributed by atoms with Gasteiger partial charge in [-0.1, -0.05) is 0 Å². The number of methoxy groups -OCH3 is 1. The van der Waals surface area contributed by atoms with Gasteiger partial charge < -0.3 is 18.9 Å². The lowest BCUT2D eigenvalue weighted by atomic mass is 10.1. The molecular weight excluding hydrogens is 457 g/mol. The standard InChI is InChI=1S/C15H16BrF2O6PS/c1-4-23-25(21,24-5-2)15(17,18)13-11(16)9-6-8(14(19)20)7-10(22-3)12(9)26-13/h6-7H,4-5H2,1-3H3,(H,19,20). The number of aromatic carboxylic acids is 1. The molecule has 11 heteroatoms. The predicted octanol–water partition coefficient (Wildman–Crippen LogP) is 5.69. The van der Waals surface area contributed by atoms with Gasteiger partial charge in [0.25, 0.3) is 0 Å². The fourth-order valence-electron chi connectivity index (χ4n) is 2.27. The van der Waals surface area contributed by atoms with Crippen LogP contribution in [0, 0.1) is 0 Å². The third-order valence-corrected chi connectivity index (χ3v) is 8.01. The zero-order chi connectivity index (χ0) is 19.7. The molecule has 1 aromatic heterocycles. The van der Waals surface area contributed by atoms with E-state index in [-0.39, 0.29) is 34.4 Å². The number of benzene rings is 1. The van der Waals surface area contributed by atoms with Crippen molar-refractivity contribution < 1.29 is 37.0 Å². The summed E-state index contributed by atoms with van der Waals surface area (Å²) >= 11 is 3.71. The quantitative estimate of drug-likeness (QED) is 0.497. The third-order valence-electron chi connectivity index (χ3n) is 3.38. The molecule has 0 atom stereocenters. The second-order valence-electron chi connectivity index (χ2n) is 4.98. The van der Waals surface area contributed by atoms with Crippen LogP contribution in [0.25, 0.3) is 10.1 Å². The minimum atomic E-state index is -4.79. The van der Waals surface area contributed by atoms with Crippen molar-refractivity contribution in [2.24, 2.45) is 0 Å². The Balaban J connectivity index is 2.75. The van der Waals surface area contributed by atoms with Crippen molar-refractivity contribution in [1.82, 2.24) is 0 Å². The lowest BCUT2D eigenvalue weighted by Gasteiger charge is -2.25. The molecule has 0 bridgehead atoms. The highest BCUT2D eigenvalue weighted by Crippen LogP contribution is 2.69. The summed E-state index contributed by atoms with van der Waals surface area (Å²) in [5.41, 5.74) is -4.06. The number of hydrogen-bond acceptors (Lipinski definition) is 6. The van der Waals surface area contributed by atoms with E-state index in [1.165, 1.54) is 33.1 Å². The van der Waals surface area contributed by atoms with Crippen molar-refractivity contribution in [3.8, 4) is 5.75 Å². The van der Waals surface area contributed by atoms with Crippen LogP contribution in [0.2, 0.25) is 0 Å². The largest absolute Gasteiger partial charge is 0.495 e. The molecule has 0 amide bonds. The molecule has 0 aliphatic carbocycles. The van der Waals surface area contributed by atoms with Gasteiger partial charge in [0.2, 0.25) is 0 Å². The lowest BCUT2D eigenvalue weighted by molar-refractivity contribution is 0.0387. The summed E-state index contributed by atoms with van der Waals surface area (Å²) in [4.78, 5) is 10.7. The monoisotopic (exact) mass is 472 g/mol. The molecule has 0 saturated heterocycles. The van der Waals surface area contributed by atoms with E-state index >= 15 is 8.78 Å². The molecule has 0 saturated carbocycles. The van der Waals surface area contributed by atoms with E-state index < -0.39 is 24.1 Å². The van der Waals surface area contributed by atoms with E-state index in [2.05, 4.69) is 15.9 Å². The van der Waals surface area contributed by atoms with Crippen LogP contribution in [0.15, 0.2) is 16.6 Å². The van der Waals surface area contributed by atoms with Gasteiger partial charge in [-0.25, -0.2) is 4.79 Å². The van der Waals surface area contributed by atoms with E-state index in [9.17, 15) is 14.5 Å². The number of carboxylic acids is 1. The lowest BCUT2D eigenvalue weighted by Crippen LogP contribution is -2.17. The number of carboxylic acid groups (broad SMARTS) is 1. The number of thiophene rings is 1. The van der Waals surface area contributed by atoms with Gasteiger partial charge in [-0.15, -0.1) is 11.3 Å². The normalized spacial score (nSPS) is 12.5. The van der Waals surface area contributed by atoms with Crippen molar-refractivity contribution in [2.75, 3.05) is 20.3 Å². The first-order valence-electron chi connectivity index (χ1n) is 7.43. The minimum absolute atomic E-state index is 0.0801. The molecule has 6 nitrogen and oxygen atoms in total. The summed E-state index contributed by atoms with van der Waals surface area (Å²) in [6, 6.07) is 2.48. The smallest absolute Gasteiger partial charge is 0.405 e. The second-order valence-corrected chi connectivity index (χ2v) is 8.87. The topological polar surface area (TPSA) is 82.1 Å². The van der Waals surface area contributed by atoms with Gasteiger partial charge in [-0.05, 0) is 41.9 Å². The van der Waals surface area contributed by atoms with E-state index in [1.54, 1.807) is 0 Å². The van der Waals surface area contributed by atoms with Gasteiger partial charge in [0.15, 0.2) is 0 Å². The Labute approximate surface area is 160 Å². The van der Waals surface area contributed by atoms with E-state index in [1.807, 2.05) is 0 Å². The van der Waals surface area contributed by atoms with Crippen LogP contribution in [0.5, 0.6) is 5.75 Å². The third kappa shape index (κ3) is 3.53. The van der Waals surface area contributed by atoms with Crippen LogP contribution in [-0.4, -0.2) is 31.4 Å². The Morgan fingerprint density at radius 1 is 1.31 bits per heavy atom. The Morgan fingerprint density at radius 2 is 1.88 bits per heavy atom. The molecule has 0 radical (unpaired) electrons. The van der Waals surface area contributed by atoms with Gasteiger partial charge in [-0.3, -0.25) is 4.57 Å². The number of rotatable bonds is 8. The van der Waals surface area contributed by atoms with Gasteiger partial charge in [0, 0.05) is 9.86 Å². The van der Waals surface area contributed by atoms with E-state index in [0.717, 1.165) is 0 Å². The van der Waals surface area contributed by atoms with Crippen molar-refractivity contribution >= 4 is 50.9 Å². The molecule has 1 N–H and O–H groups in total. The van der Waals surface area contributed by atoms with Crippen LogP contribution >= 0.6 is 34.9 Å². The average Bonchev–Trinajstić information content (AvgIpc) is 2.92. The molecule has 2 rings (SSSR count). The predicted molar refractivity (Wildman–Crippen MR) is 97.8 cm³/mol. The fourth-order valence-corrected chi connectivity index (χ4v) is 6.31. The number of halogens is 3. The molecule has 0 unspecified atom stereocenters. The van der Waals surface area contributed by atoms with Crippen molar-refractivity contribution in [3.05, 3.63) is 27.0 Å². The highest BCUT2D eigenvalue weighted by Gasteiger charge is 2.57. The average molecular weight is 473 g/mol. The maximum atomic E-state index is 15.1. The van der Waals surface area contributed by atoms with Crippen molar-refractivity contribution in [1.29, 1.82) is 0 Å². The van der Waals surface area contributed by atoms with Crippen LogP contribution in [0.4, 0.5) is 8.78 Å². The first-order chi connectivity index (χ1) is 12.1. The molecule has 0 aliphatic heterocycles. The minimum Gasteiger partial charge on any atom is -0.495 e. The van der Waals surface area contributed by atoms with E-state index in [4.69, 9.17) is 13.8 Å². The zero-order valence-electron chi connectivity index (χ0n) is 14.0. The number of fused-ring (bicyclic) bond motifs is 1. The van der Waals surface area contributed by atoms with Gasteiger partial charge >= 0.3 is 19.2 Å². The summed E-state index contributed by atoms with van der Waals surface area (Å²) in [5.74, 6) is -1.11. The van der Waals surface area contributed by atoms with Crippen LogP contribution in [0.3, 0.4) is 0 Å². The summed E-state index contributed by atoms with van der Waals surface area (Å²) in [7, 11) is -3.49. The van der Waals surface area contributed by atoms with Crippen LogP contribution in [0.1, 0.15) is 29.1 Å². The molecular formula is C15H16BrF2O6PS. The highest BCUT2D eigenvalue weighted by molar-refractivity contribution is 9.10. The fraction of sp³-hybridized carbons (Fsp3) is 0.400. The van der Waals surface area contributed by atoms with Crippen LogP contribution in [-0.2, 0) is 19.3 Å². The van der Waals surface area contributed by atoms with Gasteiger partial charge in [0.05, 0.1) is 30.6 Å². The summed E-state index contributed by atoms with van der Waals surface area (Å²) < 4.78 is 57.8. The molecule has 1 aromatic carbocycles. The Morgan fingerprint density at radius 3 is 2.35 bits per heavy atom. The Bertz CT molecular complexity index is 875. The number of ether oxygens (including phenoxy) is 1. The summed E-state index contributed by atoms with van der Waals surface area (Å²) in [5, 5.41) is 9.40. The number of hydrogen-bond donors (Lipinski definition) is 1. The Hall–Kier alpha value is -1.06. The second kappa shape index (κ2) is 7.90. The van der Waals surface area contributed by atoms with Crippen molar-refractivity contribution in [2.45, 2.75) is 19.5 Å². The molecule has 26 heavy (non-hydrogen) atoms. The Kier molecular flexibility index (Phi) is 6.45.